The molecule has 1 heterocycles. The molecule has 1 saturated heterocycles. The van der Waals surface area contributed by atoms with Crippen LogP contribution in [0.25, 0.3) is 0 Å². The molecule has 0 unspecified atom stereocenters. The third-order valence-electron chi connectivity index (χ3n) is 5.09. The third-order valence-corrected chi connectivity index (χ3v) is 7.00. The number of aryl methyl sites for hydroxylation is 2. The fourth-order valence-electron chi connectivity index (χ4n) is 3.20. The largest absolute Gasteiger partial charge is 0.378 e. The van der Waals surface area contributed by atoms with Gasteiger partial charge in [0.15, 0.2) is 5.78 Å². The zero-order valence-electron chi connectivity index (χ0n) is 15.9. The lowest BCUT2D eigenvalue weighted by Gasteiger charge is -2.25. The van der Waals surface area contributed by atoms with E-state index in [4.69, 9.17) is 0 Å². The van der Waals surface area contributed by atoms with Crippen molar-refractivity contribution in [3.05, 3.63) is 59.2 Å². The predicted molar refractivity (Wildman–Crippen MR) is 108 cm³/mol. The third kappa shape index (κ3) is 4.57. The molecule has 0 radical (unpaired) electrons. The predicted octanol–water partition coefficient (Wildman–Crippen LogP) is 3.77. The SMILES string of the molecule is Cc1ccc(NCC(=O)c2ccc(S(=O)(=O)N3CCCCC3)cc2)cc1C. The van der Waals surface area contributed by atoms with E-state index in [9.17, 15) is 13.2 Å². The molecule has 1 aliphatic heterocycles. The number of carbonyl (C=O) groups excluding carboxylic acids is 1. The molecule has 144 valence electrons. The van der Waals surface area contributed by atoms with Crippen LogP contribution >= 0.6 is 0 Å². The maximum Gasteiger partial charge on any atom is 0.243 e. The lowest BCUT2D eigenvalue weighted by atomic mass is 10.1. The molecule has 0 atom stereocenters. The smallest absolute Gasteiger partial charge is 0.243 e. The molecular formula is C21H26N2O3S. The van der Waals surface area contributed by atoms with Gasteiger partial charge >= 0.3 is 0 Å². The number of rotatable bonds is 6. The number of anilines is 1. The second kappa shape index (κ2) is 8.23. The van der Waals surface area contributed by atoms with Crippen molar-refractivity contribution in [2.75, 3.05) is 25.0 Å². The number of piperidine rings is 1. The van der Waals surface area contributed by atoms with Crippen LogP contribution in [0.5, 0.6) is 0 Å². The molecule has 1 fully saturated rings. The van der Waals surface area contributed by atoms with Gasteiger partial charge in [-0.15, -0.1) is 0 Å². The zero-order valence-corrected chi connectivity index (χ0v) is 16.7. The van der Waals surface area contributed by atoms with Crippen molar-refractivity contribution in [1.29, 1.82) is 0 Å². The minimum absolute atomic E-state index is 0.0739. The second-order valence-corrected chi connectivity index (χ2v) is 9.00. The van der Waals surface area contributed by atoms with Crippen LogP contribution in [0.15, 0.2) is 47.4 Å². The van der Waals surface area contributed by atoms with Gasteiger partial charge in [-0.1, -0.05) is 12.5 Å². The van der Waals surface area contributed by atoms with Gasteiger partial charge in [0.05, 0.1) is 11.4 Å². The van der Waals surface area contributed by atoms with Crippen molar-refractivity contribution in [3.8, 4) is 0 Å². The molecule has 2 aromatic carbocycles. The number of hydrogen-bond acceptors (Lipinski definition) is 4. The number of benzene rings is 2. The van der Waals surface area contributed by atoms with Crippen molar-refractivity contribution in [2.24, 2.45) is 0 Å². The summed E-state index contributed by atoms with van der Waals surface area (Å²) in [7, 11) is -3.46. The highest BCUT2D eigenvalue weighted by molar-refractivity contribution is 7.89. The van der Waals surface area contributed by atoms with Gasteiger partial charge in [-0.25, -0.2) is 8.42 Å². The zero-order chi connectivity index (χ0) is 19.4. The molecule has 3 rings (SSSR count). The number of ketones is 1. The Labute approximate surface area is 161 Å². The van der Waals surface area contributed by atoms with Gasteiger partial charge < -0.3 is 5.32 Å². The summed E-state index contributed by atoms with van der Waals surface area (Å²) in [5, 5.41) is 3.13. The van der Waals surface area contributed by atoms with Crippen molar-refractivity contribution in [2.45, 2.75) is 38.0 Å². The van der Waals surface area contributed by atoms with E-state index in [2.05, 4.69) is 5.32 Å². The van der Waals surface area contributed by atoms with E-state index in [0.717, 1.165) is 24.9 Å². The standard InChI is InChI=1S/C21H26N2O3S/c1-16-6-9-19(14-17(16)2)22-15-21(24)18-7-10-20(11-8-18)27(25,26)23-12-4-3-5-13-23/h6-11,14,22H,3-5,12-13,15H2,1-2H3. The second-order valence-electron chi connectivity index (χ2n) is 7.06. The Kier molecular flexibility index (Phi) is 5.97. The van der Waals surface area contributed by atoms with Crippen LogP contribution in [-0.4, -0.2) is 38.1 Å². The topological polar surface area (TPSA) is 66.5 Å². The van der Waals surface area contributed by atoms with Gasteiger partial charge in [-0.05, 0) is 74.2 Å². The summed E-state index contributed by atoms with van der Waals surface area (Å²) >= 11 is 0. The normalized spacial score (nSPS) is 15.5. The van der Waals surface area contributed by atoms with Crippen molar-refractivity contribution in [1.82, 2.24) is 4.31 Å². The van der Waals surface area contributed by atoms with E-state index >= 15 is 0 Å². The molecule has 1 N–H and O–H groups in total. The lowest BCUT2D eigenvalue weighted by molar-refractivity contribution is 0.101. The monoisotopic (exact) mass is 386 g/mol. The minimum atomic E-state index is -3.46. The Hall–Kier alpha value is -2.18. The molecule has 5 nitrogen and oxygen atoms in total. The quantitative estimate of drug-likeness (QED) is 0.768. The van der Waals surface area contributed by atoms with Crippen LogP contribution in [0.1, 0.15) is 40.7 Å². The van der Waals surface area contributed by atoms with Crippen molar-refractivity contribution < 1.29 is 13.2 Å². The number of nitrogens with zero attached hydrogens (tertiary/aromatic N) is 1. The Morgan fingerprint density at radius 1 is 0.963 bits per heavy atom. The summed E-state index contributed by atoms with van der Waals surface area (Å²) in [5.41, 5.74) is 3.77. The van der Waals surface area contributed by atoms with Crippen LogP contribution in [0.2, 0.25) is 0 Å². The number of carbonyl (C=O) groups is 1. The number of hydrogen-bond donors (Lipinski definition) is 1. The van der Waals surface area contributed by atoms with Crippen LogP contribution in [0.3, 0.4) is 0 Å². The van der Waals surface area contributed by atoms with E-state index in [1.807, 2.05) is 32.0 Å². The van der Waals surface area contributed by atoms with Gasteiger partial charge in [0.1, 0.15) is 0 Å². The van der Waals surface area contributed by atoms with Crippen LogP contribution in [0.4, 0.5) is 5.69 Å². The van der Waals surface area contributed by atoms with E-state index in [1.54, 1.807) is 12.1 Å². The van der Waals surface area contributed by atoms with Gasteiger partial charge in [-0.2, -0.15) is 4.31 Å². The summed E-state index contributed by atoms with van der Waals surface area (Å²) < 4.78 is 26.9. The molecule has 2 aromatic rings. The Morgan fingerprint density at radius 3 is 2.26 bits per heavy atom. The van der Waals surface area contributed by atoms with Crippen molar-refractivity contribution in [3.63, 3.8) is 0 Å². The summed E-state index contributed by atoms with van der Waals surface area (Å²) in [4.78, 5) is 12.7. The van der Waals surface area contributed by atoms with Gasteiger partial charge in [0, 0.05) is 24.3 Å². The van der Waals surface area contributed by atoms with E-state index in [1.165, 1.54) is 27.6 Å². The summed E-state index contributed by atoms with van der Waals surface area (Å²) in [6.07, 6.45) is 2.88. The fraction of sp³-hybridized carbons (Fsp3) is 0.381. The first-order valence-electron chi connectivity index (χ1n) is 9.32. The van der Waals surface area contributed by atoms with E-state index < -0.39 is 10.0 Å². The number of sulfonamides is 1. The van der Waals surface area contributed by atoms with Gasteiger partial charge in [0.25, 0.3) is 0 Å². The first kappa shape index (κ1) is 19.6. The highest BCUT2D eigenvalue weighted by Gasteiger charge is 2.25. The van der Waals surface area contributed by atoms with Crippen LogP contribution in [0, 0.1) is 13.8 Å². The Bertz CT molecular complexity index is 915. The number of nitrogens with one attached hydrogen (secondary N) is 1. The highest BCUT2D eigenvalue weighted by atomic mass is 32.2. The Balaban J connectivity index is 1.65. The first-order chi connectivity index (χ1) is 12.9. The van der Waals surface area contributed by atoms with Crippen LogP contribution in [-0.2, 0) is 10.0 Å². The molecule has 1 aliphatic rings. The summed E-state index contributed by atoms with van der Waals surface area (Å²) in [6.45, 7) is 5.39. The molecule has 0 spiro atoms. The van der Waals surface area contributed by atoms with Gasteiger partial charge in [-0.3, -0.25) is 4.79 Å². The van der Waals surface area contributed by atoms with Gasteiger partial charge in [0.2, 0.25) is 10.0 Å². The maximum absolute atomic E-state index is 12.7. The summed E-state index contributed by atoms with van der Waals surface area (Å²) in [5.74, 6) is -0.0739. The first-order valence-corrected chi connectivity index (χ1v) is 10.8. The molecule has 27 heavy (non-hydrogen) atoms. The van der Waals surface area contributed by atoms with E-state index in [-0.39, 0.29) is 17.2 Å². The molecule has 0 saturated carbocycles. The molecule has 0 aromatic heterocycles. The minimum Gasteiger partial charge on any atom is -0.378 e. The lowest BCUT2D eigenvalue weighted by Crippen LogP contribution is -2.35. The van der Waals surface area contributed by atoms with Crippen LogP contribution < -0.4 is 5.32 Å². The average Bonchev–Trinajstić information content (AvgIpc) is 2.69. The van der Waals surface area contributed by atoms with E-state index in [0.29, 0.717) is 18.7 Å². The molecule has 6 heteroatoms. The molecule has 0 amide bonds. The highest BCUT2D eigenvalue weighted by Crippen LogP contribution is 2.21. The average molecular weight is 387 g/mol. The molecular weight excluding hydrogens is 360 g/mol. The fourth-order valence-corrected chi connectivity index (χ4v) is 4.72. The molecule has 0 bridgehead atoms. The summed E-state index contributed by atoms with van der Waals surface area (Å²) in [6, 6.07) is 12.2. The Morgan fingerprint density at radius 2 is 1.63 bits per heavy atom. The maximum atomic E-state index is 12.7. The van der Waals surface area contributed by atoms with Crippen molar-refractivity contribution >= 4 is 21.5 Å². The molecule has 0 aliphatic carbocycles. The number of Topliss-reactive ketones (excluding diaryl/α,β-unsaturated/α-hetero) is 1.